The van der Waals surface area contributed by atoms with E-state index in [2.05, 4.69) is 5.32 Å². The highest BCUT2D eigenvalue weighted by atomic mass is 16.6. The number of carbonyl (C=O) groups excluding carboxylic acids is 2. The first kappa shape index (κ1) is 26.4. The van der Waals surface area contributed by atoms with Gasteiger partial charge in [0.15, 0.2) is 11.5 Å². The molecule has 204 valence electrons. The van der Waals surface area contributed by atoms with Crippen molar-refractivity contribution in [3.05, 3.63) is 78.4 Å². The van der Waals surface area contributed by atoms with Gasteiger partial charge >= 0.3 is 0 Å². The van der Waals surface area contributed by atoms with Gasteiger partial charge in [0.05, 0.1) is 6.61 Å². The number of phenolic OH excluding ortho intramolecular Hbond substituents is 1. The molecule has 2 amide bonds. The highest BCUT2D eigenvalue weighted by Gasteiger charge is 2.40. The second-order valence-electron chi connectivity index (χ2n) is 9.84. The maximum atomic E-state index is 14.3. The van der Waals surface area contributed by atoms with Gasteiger partial charge in [-0.1, -0.05) is 49.6 Å². The smallest absolute Gasteiger partial charge is 0.272 e. The molecule has 1 fully saturated rings. The molecule has 2 aliphatic rings. The fourth-order valence-corrected chi connectivity index (χ4v) is 5.19. The molecule has 0 unspecified atom stereocenters. The Kier molecular flexibility index (Phi) is 8.20. The lowest BCUT2D eigenvalue weighted by atomic mass is 9.94. The summed E-state index contributed by atoms with van der Waals surface area (Å²) in [6.45, 7) is 2.35. The van der Waals surface area contributed by atoms with Crippen LogP contribution in [0.3, 0.4) is 0 Å². The Morgan fingerprint density at radius 1 is 1.00 bits per heavy atom. The highest BCUT2D eigenvalue weighted by molar-refractivity contribution is 6.03. The van der Waals surface area contributed by atoms with Gasteiger partial charge in [-0.05, 0) is 61.7 Å². The minimum atomic E-state index is -1.02. The number of rotatable bonds is 8. The lowest BCUT2D eigenvalue weighted by Gasteiger charge is -2.36. The van der Waals surface area contributed by atoms with Crippen LogP contribution < -0.4 is 24.4 Å². The molecule has 8 heteroatoms. The summed E-state index contributed by atoms with van der Waals surface area (Å²) in [4.78, 5) is 29.8. The largest absolute Gasteiger partial charge is 0.508 e. The zero-order valence-corrected chi connectivity index (χ0v) is 22.0. The Balaban J connectivity index is 1.56. The van der Waals surface area contributed by atoms with Crippen LogP contribution in [0.25, 0.3) is 0 Å². The van der Waals surface area contributed by atoms with Crippen LogP contribution in [0.15, 0.2) is 72.8 Å². The Hall–Kier alpha value is -4.20. The average molecular weight is 531 g/mol. The number of aromatic hydroxyl groups is 1. The number of hydrogen-bond acceptors (Lipinski definition) is 6. The molecule has 3 aromatic carbocycles. The second kappa shape index (κ2) is 12.1. The standard InChI is InChI=1S/C31H34N2O6/c1-2-37-25-12-8-11-23(19-25)33(31(36)28-20-38-26-13-6-7-14-27(26)39-28)29(21-15-17-24(34)18-16-21)30(35)32-22-9-4-3-5-10-22/h6-8,11-19,22,28-29,34H,2-5,9-10,20H2,1H3,(H,32,35)/t28-,29-/m1/s1. The van der Waals surface area contributed by atoms with Crippen molar-refractivity contribution < 1.29 is 28.9 Å². The monoisotopic (exact) mass is 530 g/mol. The molecular weight excluding hydrogens is 496 g/mol. The first-order valence-corrected chi connectivity index (χ1v) is 13.6. The van der Waals surface area contributed by atoms with E-state index >= 15 is 0 Å². The van der Waals surface area contributed by atoms with Crippen molar-refractivity contribution in [1.82, 2.24) is 5.32 Å². The van der Waals surface area contributed by atoms with Crippen molar-refractivity contribution in [2.24, 2.45) is 0 Å². The van der Waals surface area contributed by atoms with Crippen LogP contribution in [0.1, 0.15) is 50.6 Å². The minimum Gasteiger partial charge on any atom is -0.508 e. The predicted molar refractivity (Wildman–Crippen MR) is 147 cm³/mol. The van der Waals surface area contributed by atoms with Gasteiger partial charge in [0.25, 0.3) is 5.91 Å². The molecule has 0 spiro atoms. The third-order valence-corrected chi connectivity index (χ3v) is 7.10. The Bertz CT molecular complexity index is 1290. The molecule has 2 N–H and O–H groups in total. The summed E-state index contributed by atoms with van der Waals surface area (Å²) in [7, 11) is 0. The molecule has 8 nitrogen and oxygen atoms in total. The van der Waals surface area contributed by atoms with Crippen molar-refractivity contribution in [2.45, 2.75) is 57.2 Å². The fraction of sp³-hybridized carbons (Fsp3) is 0.355. The van der Waals surface area contributed by atoms with Crippen LogP contribution in [0, 0.1) is 0 Å². The van der Waals surface area contributed by atoms with Crippen molar-refractivity contribution in [1.29, 1.82) is 0 Å². The van der Waals surface area contributed by atoms with Crippen LogP contribution in [-0.4, -0.2) is 42.3 Å². The van der Waals surface area contributed by atoms with E-state index in [0.717, 1.165) is 32.1 Å². The summed E-state index contributed by atoms with van der Waals surface area (Å²) in [6, 6.07) is 19.7. The first-order valence-electron chi connectivity index (χ1n) is 13.6. The highest BCUT2D eigenvalue weighted by Crippen LogP contribution is 2.36. The number of nitrogens with one attached hydrogen (secondary N) is 1. The summed E-state index contributed by atoms with van der Waals surface area (Å²) >= 11 is 0. The molecular formula is C31H34N2O6. The lowest BCUT2D eigenvalue weighted by molar-refractivity contribution is -0.132. The van der Waals surface area contributed by atoms with E-state index in [1.807, 2.05) is 25.1 Å². The van der Waals surface area contributed by atoms with Gasteiger partial charge in [0, 0.05) is 17.8 Å². The zero-order valence-electron chi connectivity index (χ0n) is 22.0. The average Bonchev–Trinajstić information content (AvgIpc) is 2.96. The zero-order chi connectivity index (χ0) is 27.2. The van der Waals surface area contributed by atoms with Crippen molar-refractivity contribution in [3.8, 4) is 23.0 Å². The Labute approximate surface area is 228 Å². The molecule has 1 aliphatic heterocycles. The maximum absolute atomic E-state index is 14.3. The molecule has 1 saturated carbocycles. The molecule has 5 rings (SSSR count). The van der Waals surface area contributed by atoms with Gasteiger partial charge in [0.1, 0.15) is 24.1 Å². The predicted octanol–water partition coefficient (Wildman–Crippen LogP) is 5.15. The van der Waals surface area contributed by atoms with Gasteiger partial charge < -0.3 is 24.6 Å². The number of fused-ring (bicyclic) bond motifs is 1. The Morgan fingerprint density at radius 3 is 2.49 bits per heavy atom. The molecule has 2 atom stereocenters. The molecule has 0 bridgehead atoms. The topological polar surface area (TPSA) is 97.3 Å². The van der Waals surface area contributed by atoms with Crippen LogP contribution in [0.4, 0.5) is 5.69 Å². The molecule has 0 saturated heterocycles. The maximum Gasteiger partial charge on any atom is 0.272 e. The number of carbonyl (C=O) groups is 2. The van der Waals surface area contributed by atoms with E-state index in [0.29, 0.717) is 35.1 Å². The van der Waals surface area contributed by atoms with E-state index in [9.17, 15) is 14.7 Å². The second-order valence-corrected chi connectivity index (χ2v) is 9.84. The normalized spacial score (nSPS) is 17.6. The van der Waals surface area contributed by atoms with E-state index < -0.39 is 18.1 Å². The number of phenols is 1. The number of ether oxygens (including phenoxy) is 3. The number of anilines is 1. The van der Waals surface area contributed by atoms with Crippen LogP contribution >= 0.6 is 0 Å². The van der Waals surface area contributed by atoms with Crippen LogP contribution in [0.2, 0.25) is 0 Å². The first-order chi connectivity index (χ1) is 19.0. The van der Waals surface area contributed by atoms with Gasteiger partial charge in [-0.25, -0.2) is 0 Å². The van der Waals surface area contributed by atoms with Gasteiger partial charge in [0.2, 0.25) is 12.0 Å². The van der Waals surface area contributed by atoms with E-state index in [-0.39, 0.29) is 24.3 Å². The summed E-state index contributed by atoms with van der Waals surface area (Å²) in [6.07, 6.45) is 4.10. The summed E-state index contributed by atoms with van der Waals surface area (Å²) in [5, 5.41) is 13.2. The van der Waals surface area contributed by atoms with Gasteiger partial charge in [-0.3, -0.25) is 14.5 Å². The number of hydrogen-bond donors (Lipinski definition) is 2. The summed E-state index contributed by atoms with van der Waals surface area (Å²) < 4.78 is 17.7. The van der Waals surface area contributed by atoms with Crippen molar-refractivity contribution >= 4 is 17.5 Å². The Morgan fingerprint density at radius 2 is 1.74 bits per heavy atom. The van der Waals surface area contributed by atoms with Crippen LogP contribution in [-0.2, 0) is 9.59 Å². The van der Waals surface area contributed by atoms with Crippen molar-refractivity contribution in [3.63, 3.8) is 0 Å². The number of benzene rings is 3. The number of amides is 2. The lowest BCUT2D eigenvalue weighted by Crippen LogP contribution is -2.52. The molecule has 0 aromatic heterocycles. The van der Waals surface area contributed by atoms with E-state index in [4.69, 9.17) is 14.2 Å². The summed E-state index contributed by atoms with van der Waals surface area (Å²) in [5.41, 5.74) is 1.05. The molecule has 3 aromatic rings. The van der Waals surface area contributed by atoms with E-state index in [1.54, 1.807) is 42.5 Å². The molecule has 1 aliphatic carbocycles. The molecule has 0 radical (unpaired) electrons. The third-order valence-electron chi connectivity index (χ3n) is 7.10. The molecule has 39 heavy (non-hydrogen) atoms. The van der Waals surface area contributed by atoms with Gasteiger partial charge in [-0.15, -0.1) is 0 Å². The van der Waals surface area contributed by atoms with Crippen molar-refractivity contribution in [2.75, 3.05) is 18.1 Å². The number of para-hydroxylation sites is 2. The fourth-order valence-electron chi connectivity index (χ4n) is 5.19. The minimum absolute atomic E-state index is 0.00401. The summed E-state index contributed by atoms with van der Waals surface area (Å²) in [5.74, 6) is 0.975. The third kappa shape index (κ3) is 6.11. The van der Waals surface area contributed by atoms with Crippen LogP contribution in [0.5, 0.6) is 23.0 Å². The molecule has 1 heterocycles. The number of nitrogens with zero attached hydrogens (tertiary/aromatic N) is 1. The quantitative estimate of drug-likeness (QED) is 0.418. The SMILES string of the molecule is CCOc1cccc(N(C(=O)[C@H]2COc3ccccc3O2)[C@@H](C(=O)NC2CCCCC2)c2ccc(O)cc2)c1. The van der Waals surface area contributed by atoms with Gasteiger partial charge in [-0.2, -0.15) is 0 Å². The van der Waals surface area contributed by atoms with E-state index in [1.165, 1.54) is 17.0 Å².